The van der Waals surface area contributed by atoms with Gasteiger partial charge in [0.05, 0.1) is 0 Å². The molecule has 3 fully saturated rings. The average molecular weight is 352 g/mol. The van der Waals surface area contributed by atoms with Gasteiger partial charge in [0.1, 0.15) is 11.6 Å². The lowest BCUT2D eigenvalue weighted by Gasteiger charge is -2.26. The van der Waals surface area contributed by atoms with Crippen molar-refractivity contribution in [3.63, 3.8) is 0 Å². The van der Waals surface area contributed by atoms with E-state index in [1.807, 2.05) is 0 Å². The number of hydrogen-bond donors (Lipinski definition) is 2. The number of hydrogen-bond acceptors (Lipinski definition) is 5. The Balaban J connectivity index is 1.75. The van der Waals surface area contributed by atoms with Crippen molar-refractivity contribution in [2.75, 3.05) is 6.54 Å². The summed E-state index contributed by atoms with van der Waals surface area (Å²) in [6, 6.07) is -0.512. The van der Waals surface area contributed by atoms with E-state index in [9.17, 15) is 14.4 Å². The third-order valence-corrected chi connectivity index (χ3v) is 5.97. The maximum absolute atomic E-state index is 12.7. The first-order valence-corrected chi connectivity index (χ1v) is 9.56. The summed E-state index contributed by atoms with van der Waals surface area (Å²) in [6.07, 6.45) is 9.45. The summed E-state index contributed by atoms with van der Waals surface area (Å²) in [6.45, 7) is 0.595. The Kier molecular flexibility index (Phi) is 5.61. The summed E-state index contributed by atoms with van der Waals surface area (Å²) in [5.41, 5.74) is -1.11. The molecule has 25 heavy (non-hydrogen) atoms. The van der Waals surface area contributed by atoms with E-state index in [-0.39, 0.29) is 17.7 Å². The molecule has 1 saturated carbocycles. The molecule has 3 aliphatic rings. The van der Waals surface area contributed by atoms with Gasteiger partial charge in [0.25, 0.3) is 0 Å². The molecule has 2 heterocycles. The number of nitrogens with zero attached hydrogens (tertiary/aromatic N) is 1. The third kappa shape index (κ3) is 3.81. The van der Waals surface area contributed by atoms with Crippen molar-refractivity contribution >= 4 is 17.8 Å². The molecule has 3 atom stereocenters. The minimum atomic E-state index is -1.11. The molecule has 140 valence electrons. The molecule has 3 unspecified atom stereocenters. The molecule has 0 radical (unpaired) electrons. The molecule has 2 N–H and O–H groups in total. The molecule has 3 rings (SSSR count). The summed E-state index contributed by atoms with van der Waals surface area (Å²) >= 11 is 0. The Morgan fingerprint density at radius 2 is 1.80 bits per heavy atom. The predicted molar refractivity (Wildman–Crippen MR) is 89.4 cm³/mol. The van der Waals surface area contributed by atoms with Crippen LogP contribution in [-0.2, 0) is 19.3 Å². The van der Waals surface area contributed by atoms with Crippen molar-refractivity contribution in [3.8, 4) is 0 Å². The van der Waals surface area contributed by atoms with Crippen molar-refractivity contribution in [1.29, 1.82) is 0 Å². The molecular weight excluding hydrogens is 324 g/mol. The fourth-order valence-electron chi connectivity index (χ4n) is 4.37. The van der Waals surface area contributed by atoms with Crippen molar-refractivity contribution in [3.05, 3.63) is 0 Å². The van der Waals surface area contributed by atoms with Crippen LogP contribution in [0.3, 0.4) is 0 Å². The van der Waals surface area contributed by atoms with Gasteiger partial charge in [0.2, 0.25) is 11.8 Å². The first kappa shape index (κ1) is 18.2. The van der Waals surface area contributed by atoms with Crippen LogP contribution in [0.5, 0.6) is 0 Å². The van der Waals surface area contributed by atoms with Gasteiger partial charge in [-0.05, 0) is 38.0 Å². The van der Waals surface area contributed by atoms with Gasteiger partial charge >= 0.3 is 5.97 Å². The van der Waals surface area contributed by atoms with E-state index in [1.54, 1.807) is 4.90 Å². The molecule has 7 nitrogen and oxygen atoms in total. The maximum atomic E-state index is 12.7. The highest BCUT2D eigenvalue weighted by atomic mass is 17.1. The topological polar surface area (TPSA) is 95.9 Å². The zero-order chi connectivity index (χ0) is 17.9. The summed E-state index contributed by atoms with van der Waals surface area (Å²) in [4.78, 5) is 42.9. The van der Waals surface area contributed by atoms with Gasteiger partial charge in [0.15, 0.2) is 0 Å². The second-order valence-electron chi connectivity index (χ2n) is 7.65. The number of nitrogens with one attached hydrogen (secondary N) is 1. The van der Waals surface area contributed by atoms with Gasteiger partial charge in [-0.3, -0.25) is 14.5 Å². The molecule has 2 saturated heterocycles. The van der Waals surface area contributed by atoms with Crippen LogP contribution in [0, 0.1) is 5.92 Å². The van der Waals surface area contributed by atoms with Gasteiger partial charge in [0, 0.05) is 13.0 Å². The van der Waals surface area contributed by atoms with Crippen LogP contribution in [-0.4, -0.2) is 46.1 Å². The second kappa shape index (κ2) is 7.72. The van der Waals surface area contributed by atoms with E-state index >= 15 is 0 Å². The minimum absolute atomic E-state index is 0.00628. The van der Waals surface area contributed by atoms with Crippen LogP contribution in [0.1, 0.15) is 70.6 Å². The number of carbonyl (C=O) groups excluding carboxylic acids is 3. The Bertz CT molecular complexity index is 538. The van der Waals surface area contributed by atoms with E-state index < -0.39 is 17.6 Å². The third-order valence-electron chi connectivity index (χ3n) is 5.97. The van der Waals surface area contributed by atoms with Gasteiger partial charge in [-0.15, -0.1) is 0 Å². The molecule has 0 aromatic rings. The van der Waals surface area contributed by atoms with Gasteiger partial charge in [-0.2, -0.15) is 5.26 Å². The monoisotopic (exact) mass is 352 g/mol. The molecule has 0 spiro atoms. The number of rotatable bonds is 1. The van der Waals surface area contributed by atoms with Crippen molar-refractivity contribution in [1.82, 2.24) is 10.2 Å². The van der Waals surface area contributed by atoms with Crippen LogP contribution >= 0.6 is 0 Å². The van der Waals surface area contributed by atoms with Crippen LogP contribution < -0.4 is 5.32 Å². The van der Waals surface area contributed by atoms with Crippen molar-refractivity contribution in [2.45, 2.75) is 82.2 Å². The largest absolute Gasteiger partial charge is 0.367 e. The van der Waals surface area contributed by atoms with Gasteiger partial charge in [-0.25, -0.2) is 4.79 Å². The van der Waals surface area contributed by atoms with E-state index in [0.29, 0.717) is 25.8 Å². The van der Waals surface area contributed by atoms with E-state index in [0.717, 1.165) is 51.4 Å². The molecule has 1 aliphatic carbocycles. The zero-order valence-electron chi connectivity index (χ0n) is 14.7. The molecular formula is C18H28N2O5. The highest BCUT2D eigenvalue weighted by molar-refractivity contribution is 5.94. The smallest absolute Gasteiger partial charge is 0.338 e. The second-order valence-corrected chi connectivity index (χ2v) is 7.65. The van der Waals surface area contributed by atoms with Crippen molar-refractivity contribution < 1.29 is 24.5 Å². The number of fused-ring (bicyclic) bond motifs is 2. The number of carbonyl (C=O) groups is 3. The van der Waals surface area contributed by atoms with Gasteiger partial charge < -0.3 is 10.2 Å². The summed E-state index contributed by atoms with van der Waals surface area (Å²) in [5, 5.41) is 11.6. The summed E-state index contributed by atoms with van der Waals surface area (Å²) < 4.78 is 0. The minimum Gasteiger partial charge on any atom is -0.338 e. The Morgan fingerprint density at radius 3 is 2.56 bits per heavy atom. The van der Waals surface area contributed by atoms with Crippen LogP contribution in [0.4, 0.5) is 0 Å². The maximum Gasteiger partial charge on any atom is 0.367 e. The summed E-state index contributed by atoms with van der Waals surface area (Å²) in [7, 11) is 0. The summed E-state index contributed by atoms with van der Waals surface area (Å²) in [5.74, 6) is -1.05. The predicted octanol–water partition coefficient (Wildman–Crippen LogP) is 2.00. The number of amides is 2. The normalized spacial score (nSPS) is 34.2. The quantitative estimate of drug-likeness (QED) is 0.556. The zero-order valence-corrected chi connectivity index (χ0v) is 14.7. The van der Waals surface area contributed by atoms with E-state index in [4.69, 9.17) is 5.26 Å². The molecule has 2 amide bonds. The molecule has 7 heteroatoms. The molecule has 2 aliphatic heterocycles. The lowest BCUT2D eigenvalue weighted by molar-refractivity contribution is -0.238. The lowest BCUT2D eigenvalue weighted by atomic mass is 10.0. The molecule has 0 aromatic heterocycles. The van der Waals surface area contributed by atoms with Gasteiger partial charge in [-0.1, -0.05) is 32.1 Å². The fourth-order valence-corrected chi connectivity index (χ4v) is 4.37. The Labute approximate surface area is 148 Å². The SMILES string of the molecule is O=C1NC2(C(=O)OO)CC2CCCCCCCCC(=O)N2CCCC12. The van der Waals surface area contributed by atoms with Crippen LogP contribution in [0.2, 0.25) is 0 Å². The van der Waals surface area contributed by atoms with Crippen LogP contribution in [0.15, 0.2) is 0 Å². The lowest BCUT2D eigenvalue weighted by Crippen LogP contribution is -2.53. The highest BCUT2D eigenvalue weighted by Crippen LogP contribution is 2.48. The van der Waals surface area contributed by atoms with E-state index in [1.165, 1.54) is 0 Å². The molecule has 0 bridgehead atoms. The first-order chi connectivity index (χ1) is 12.1. The highest BCUT2D eigenvalue weighted by Gasteiger charge is 2.62. The molecule has 0 aromatic carbocycles. The fraction of sp³-hybridized carbons (Fsp3) is 0.833. The van der Waals surface area contributed by atoms with Crippen LogP contribution in [0.25, 0.3) is 0 Å². The van der Waals surface area contributed by atoms with E-state index in [2.05, 4.69) is 10.2 Å². The standard InChI is InChI=1S/C18H28N2O5/c21-15-10-6-4-2-1-3-5-8-13-12-18(13,17(23)25-24)19-16(22)14-9-7-11-20(14)15/h13-14,24H,1-12H2,(H,19,22). The average Bonchev–Trinajstić information content (AvgIpc) is 3.07. The Hall–Kier alpha value is -1.63. The van der Waals surface area contributed by atoms with Crippen molar-refractivity contribution in [2.24, 2.45) is 5.92 Å². The first-order valence-electron chi connectivity index (χ1n) is 9.56. The Morgan fingerprint density at radius 1 is 1.08 bits per heavy atom.